The number of amides is 1. The molecule has 1 aromatic heterocycles. The minimum Gasteiger partial charge on any atom is -0.495 e. The van der Waals surface area contributed by atoms with Gasteiger partial charge in [-0.3, -0.25) is 4.79 Å². The number of hydrogen-bond acceptors (Lipinski definition) is 5. The summed E-state index contributed by atoms with van der Waals surface area (Å²) in [7, 11) is 2.74. The third kappa shape index (κ3) is 3.35. The molecule has 1 amide bonds. The maximum Gasteiger partial charge on any atom is 0.337 e. The molecule has 0 unspecified atom stereocenters. The highest BCUT2D eigenvalue weighted by Gasteiger charge is 2.15. The quantitative estimate of drug-likeness (QED) is 0.692. The zero-order chi connectivity index (χ0) is 16.1. The van der Waals surface area contributed by atoms with Crippen LogP contribution in [0, 0.1) is 0 Å². The zero-order valence-corrected chi connectivity index (χ0v) is 12.7. The van der Waals surface area contributed by atoms with Gasteiger partial charge < -0.3 is 14.8 Å². The number of nitrogens with zero attached hydrogens (tertiary/aromatic N) is 1. The van der Waals surface area contributed by atoms with Crippen LogP contribution in [0.15, 0.2) is 36.5 Å². The van der Waals surface area contributed by atoms with E-state index in [1.807, 2.05) is 0 Å². The molecule has 0 aliphatic carbocycles. The SMILES string of the molecule is COC(=O)c1ccc(OC)c(NC(=O)c2cccnc2Cl)c1. The van der Waals surface area contributed by atoms with E-state index in [1.165, 1.54) is 32.5 Å². The lowest BCUT2D eigenvalue weighted by molar-refractivity contribution is 0.0600. The highest BCUT2D eigenvalue weighted by Crippen LogP contribution is 2.27. The highest BCUT2D eigenvalue weighted by molar-refractivity contribution is 6.33. The van der Waals surface area contributed by atoms with Crippen molar-refractivity contribution in [1.82, 2.24) is 4.98 Å². The summed E-state index contributed by atoms with van der Waals surface area (Å²) >= 11 is 5.89. The van der Waals surface area contributed by atoms with Gasteiger partial charge in [0.25, 0.3) is 5.91 Å². The van der Waals surface area contributed by atoms with Crippen molar-refractivity contribution >= 4 is 29.2 Å². The van der Waals surface area contributed by atoms with Crippen LogP contribution in [0.1, 0.15) is 20.7 Å². The predicted octanol–water partition coefficient (Wildman–Crippen LogP) is 2.78. The average molecular weight is 321 g/mol. The number of carbonyl (C=O) groups excluding carboxylic acids is 2. The van der Waals surface area contributed by atoms with Crippen molar-refractivity contribution in [3.05, 3.63) is 52.8 Å². The number of anilines is 1. The number of aromatic nitrogens is 1. The van der Waals surface area contributed by atoms with Crippen molar-refractivity contribution in [3.63, 3.8) is 0 Å². The van der Waals surface area contributed by atoms with Crippen LogP contribution in [-0.4, -0.2) is 31.1 Å². The van der Waals surface area contributed by atoms with Gasteiger partial charge >= 0.3 is 5.97 Å². The van der Waals surface area contributed by atoms with Gasteiger partial charge in [0.15, 0.2) is 0 Å². The smallest absolute Gasteiger partial charge is 0.337 e. The number of nitrogens with one attached hydrogen (secondary N) is 1. The van der Waals surface area contributed by atoms with Gasteiger partial charge in [0.1, 0.15) is 10.9 Å². The number of benzene rings is 1. The zero-order valence-electron chi connectivity index (χ0n) is 11.9. The molecular weight excluding hydrogens is 308 g/mol. The highest BCUT2D eigenvalue weighted by atomic mass is 35.5. The average Bonchev–Trinajstić information content (AvgIpc) is 2.54. The summed E-state index contributed by atoms with van der Waals surface area (Å²) in [6.45, 7) is 0. The predicted molar refractivity (Wildman–Crippen MR) is 81.5 cm³/mol. The second-order valence-corrected chi connectivity index (χ2v) is 4.56. The Kier molecular flexibility index (Phi) is 4.95. The molecule has 6 nitrogen and oxygen atoms in total. The number of pyridine rings is 1. The molecule has 0 saturated carbocycles. The second kappa shape index (κ2) is 6.91. The molecule has 0 fully saturated rings. The maximum atomic E-state index is 12.2. The fourth-order valence-electron chi connectivity index (χ4n) is 1.80. The summed E-state index contributed by atoms with van der Waals surface area (Å²) in [5.74, 6) is -0.572. The third-order valence-corrected chi connectivity index (χ3v) is 3.17. The summed E-state index contributed by atoms with van der Waals surface area (Å²) < 4.78 is 9.82. The molecule has 0 spiro atoms. The molecule has 2 aromatic rings. The Balaban J connectivity index is 2.33. The first-order valence-electron chi connectivity index (χ1n) is 6.25. The van der Waals surface area contributed by atoms with E-state index in [9.17, 15) is 9.59 Å². The topological polar surface area (TPSA) is 77.5 Å². The molecule has 0 saturated heterocycles. The molecule has 1 aromatic carbocycles. The Morgan fingerprint density at radius 2 is 2.00 bits per heavy atom. The molecular formula is C15H13ClN2O4. The van der Waals surface area contributed by atoms with Crippen LogP contribution in [-0.2, 0) is 4.74 Å². The molecule has 0 aliphatic heterocycles. The van der Waals surface area contributed by atoms with Gasteiger partial charge in [-0.2, -0.15) is 0 Å². The van der Waals surface area contributed by atoms with Crippen LogP contribution in [0.4, 0.5) is 5.69 Å². The fourth-order valence-corrected chi connectivity index (χ4v) is 2.00. The molecule has 7 heteroatoms. The lowest BCUT2D eigenvalue weighted by Crippen LogP contribution is -2.14. The van der Waals surface area contributed by atoms with Crippen molar-refractivity contribution in [3.8, 4) is 5.75 Å². The first-order chi connectivity index (χ1) is 10.6. The van der Waals surface area contributed by atoms with E-state index in [2.05, 4.69) is 15.0 Å². The molecule has 0 radical (unpaired) electrons. The normalized spacial score (nSPS) is 9.95. The van der Waals surface area contributed by atoms with Crippen molar-refractivity contribution in [2.45, 2.75) is 0 Å². The fraction of sp³-hybridized carbons (Fsp3) is 0.133. The molecule has 0 bridgehead atoms. The molecule has 1 N–H and O–H groups in total. The number of methoxy groups -OCH3 is 2. The molecule has 114 valence electrons. The van der Waals surface area contributed by atoms with E-state index in [0.29, 0.717) is 11.4 Å². The Bertz CT molecular complexity index is 718. The first-order valence-corrected chi connectivity index (χ1v) is 6.63. The Labute approximate surface area is 132 Å². The molecule has 1 heterocycles. The van der Waals surface area contributed by atoms with Gasteiger partial charge in [-0.25, -0.2) is 9.78 Å². The standard InChI is InChI=1S/C15H13ClN2O4/c1-21-12-6-5-9(15(20)22-2)8-11(12)18-14(19)10-4-3-7-17-13(10)16/h3-8H,1-2H3,(H,18,19). The molecule has 0 atom stereocenters. The lowest BCUT2D eigenvalue weighted by atomic mass is 10.1. The molecule has 22 heavy (non-hydrogen) atoms. The second-order valence-electron chi connectivity index (χ2n) is 4.20. The number of carbonyl (C=O) groups is 2. The Morgan fingerprint density at radius 1 is 1.23 bits per heavy atom. The minimum absolute atomic E-state index is 0.0862. The monoisotopic (exact) mass is 320 g/mol. The van der Waals surface area contributed by atoms with Gasteiger partial charge in [0, 0.05) is 6.20 Å². The number of esters is 1. The Hall–Kier alpha value is -2.60. The van der Waals surface area contributed by atoms with E-state index < -0.39 is 11.9 Å². The van der Waals surface area contributed by atoms with Crippen molar-refractivity contribution in [2.24, 2.45) is 0 Å². The Morgan fingerprint density at radius 3 is 2.64 bits per heavy atom. The van der Waals surface area contributed by atoms with Crippen LogP contribution >= 0.6 is 11.6 Å². The number of halogens is 1. The van der Waals surface area contributed by atoms with E-state index in [1.54, 1.807) is 18.2 Å². The lowest BCUT2D eigenvalue weighted by Gasteiger charge is -2.12. The van der Waals surface area contributed by atoms with E-state index in [4.69, 9.17) is 16.3 Å². The van der Waals surface area contributed by atoms with Gasteiger partial charge in [0.2, 0.25) is 0 Å². The first kappa shape index (κ1) is 15.8. The summed E-state index contributed by atoms with van der Waals surface area (Å²) in [5.41, 5.74) is 0.834. The van der Waals surface area contributed by atoms with Crippen LogP contribution in [0.2, 0.25) is 5.15 Å². The molecule has 0 aliphatic rings. The van der Waals surface area contributed by atoms with Gasteiger partial charge in [-0.15, -0.1) is 0 Å². The third-order valence-electron chi connectivity index (χ3n) is 2.87. The summed E-state index contributed by atoms with van der Waals surface area (Å²) in [5, 5.41) is 2.73. The van der Waals surface area contributed by atoms with Gasteiger partial charge in [-0.05, 0) is 30.3 Å². The largest absolute Gasteiger partial charge is 0.495 e. The molecule has 2 rings (SSSR count). The van der Waals surface area contributed by atoms with Crippen LogP contribution in [0.5, 0.6) is 5.75 Å². The number of hydrogen-bond donors (Lipinski definition) is 1. The summed E-state index contributed by atoms with van der Waals surface area (Å²) in [6, 6.07) is 7.71. The van der Waals surface area contributed by atoms with E-state index >= 15 is 0 Å². The van der Waals surface area contributed by atoms with Crippen molar-refractivity contribution in [2.75, 3.05) is 19.5 Å². The number of rotatable bonds is 4. The van der Waals surface area contributed by atoms with Crippen LogP contribution in [0.3, 0.4) is 0 Å². The van der Waals surface area contributed by atoms with Crippen molar-refractivity contribution in [1.29, 1.82) is 0 Å². The van der Waals surface area contributed by atoms with Gasteiger partial charge in [0.05, 0.1) is 31.0 Å². The van der Waals surface area contributed by atoms with Crippen molar-refractivity contribution < 1.29 is 19.1 Å². The van der Waals surface area contributed by atoms with E-state index in [-0.39, 0.29) is 16.3 Å². The van der Waals surface area contributed by atoms with Crippen LogP contribution in [0.25, 0.3) is 0 Å². The maximum absolute atomic E-state index is 12.2. The summed E-state index contributed by atoms with van der Waals surface area (Å²) in [6.07, 6.45) is 1.48. The number of ether oxygens (including phenoxy) is 2. The van der Waals surface area contributed by atoms with Crippen LogP contribution < -0.4 is 10.1 Å². The van der Waals surface area contributed by atoms with Gasteiger partial charge in [-0.1, -0.05) is 11.6 Å². The summed E-state index contributed by atoms with van der Waals surface area (Å²) in [4.78, 5) is 27.7. The minimum atomic E-state index is -0.516. The van der Waals surface area contributed by atoms with E-state index in [0.717, 1.165) is 0 Å².